The molecule has 0 amide bonds. The highest BCUT2D eigenvalue weighted by Gasteiger charge is 2.66. The summed E-state index contributed by atoms with van der Waals surface area (Å²) in [6.45, 7) is 2.82. The largest absolute Gasteiger partial charge is 0.494 e. The zero-order valence-electron chi connectivity index (χ0n) is 21.5. The minimum atomic E-state index is -0.547. The molecule has 0 aromatic heterocycles. The molecule has 6 fully saturated rings. The van der Waals surface area contributed by atoms with Gasteiger partial charge < -0.3 is 19.7 Å². The fourth-order valence-corrected chi connectivity index (χ4v) is 8.12. The van der Waals surface area contributed by atoms with E-state index in [4.69, 9.17) is 29.5 Å². The molecule has 2 N–H and O–H groups in total. The first kappa shape index (κ1) is 25.1. The van der Waals surface area contributed by atoms with E-state index < -0.39 is 11.6 Å². The molecule has 1 aliphatic heterocycles. The summed E-state index contributed by atoms with van der Waals surface area (Å²) in [5.74, 6) is 3.20. The van der Waals surface area contributed by atoms with Crippen molar-refractivity contribution in [1.29, 1.82) is 0 Å². The predicted octanol–water partition coefficient (Wildman–Crippen LogP) is 4.23. The quantitative estimate of drug-likeness (QED) is 0.367. The maximum Gasteiger partial charge on any atom is 0.210 e. The Balaban J connectivity index is 0.978. The molecule has 5 saturated carbocycles. The summed E-state index contributed by atoms with van der Waals surface area (Å²) in [5.41, 5.74) is 1.36. The molecular weight excluding hydrogens is 458 g/mol. The number of hydrogen-bond donors (Lipinski definition) is 2. The first-order valence-electron chi connectivity index (χ1n) is 14.4. The van der Waals surface area contributed by atoms with Crippen molar-refractivity contribution < 1.29 is 29.5 Å². The van der Waals surface area contributed by atoms with Gasteiger partial charge >= 0.3 is 0 Å². The highest BCUT2D eigenvalue weighted by molar-refractivity contribution is 5.30. The zero-order chi connectivity index (χ0) is 24.6. The zero-order valence-corrected chi connectivity index (χ0v) is 21.5. The molecule has 4 bridgehead atoms. The van der Waals surface area contributed by atoms with E-state index in [-0.39, 0.29) is 13.2 Å². The third kappa shape index (κ3) is 4.83. The van der Waals surface area contributed by atoms with Gasteiger partial charge in [0.05, 0.1) is 19.8 Å². The highest BCUT2D eigenvalue weighted by atomic mass is 17.3. The Morgan fingerprint density at radius 3 is 2.08 bits per heavy atom. The van der Waals surface area contributed by atoms with E-state index in [0.29, 0.717) is 37.5 Å². The number of aliphatic hydroxyl groups is 2. The lowest BCUT2D eigenvalue weighted by molar-refractivity contribution is -0.390. The maximum atomic E-state index is 9.12. The average molecular weight is 502 g/mol. The van der Waals surface area contributed by atoms with Crippen LogP contribution in [0.15, 0.2) is 24.3 Å². The van der Waals surface area contributed by atoms with E-state index in [0.717, 1.165) is 56.2 Å². The lowest BCUT2D eigenvalue weighted by atomic mass is 9.53. The second-order valence-electron chi connectivity index (χ2n) is 12.0. The Morgan fingerprint density at radius 2 is 1.47 bits per heavy atom. The number of hydrogen-bond acceptors (Lipinski definition) is 7. The van der Waals surface area contributed by atoms with E-state index in [2.05, 4.69) is 29.2 Å². The van der Waals surface area contributed by atoms with Crippen molar-refractivity contribution in [3.05, 3.63) is 29.8 Å². The minimum absolute atomic E-state index is 0.110. The van der Waals surface area contributed by atoms with Crippen LogP contribution in [0.5, 0.6) is 5.75 Å². The second-order valence-corrected chi connectivity index (χ2v) is 12.0. The van der Waals surface area contributed by atoms with Crippen molar-refractivity contribution in [2.24, 2.45) is 23.7 Å². The first-order valence-corrected chi connectivity index (χ1v) is 14.4. The van der Waals surface area contributed by atoms with E-state index in [9.17, 15) is 0 Å². The van der Waals surface area contributed by atoms with Gasteiger partial charge in [-0.05, 0) is 86.8 Å². The Hall–Kier alpha value is -1.22. The van der Waals surface area contributed by atoms with Crippen LogP contribution < -0.4 is 4.74 Å². The summed E-state index contributed by atoms with van der Waals surface area (Å²) in [6.07, 6.45) is 11.2. The molecule has 36 heavy (non-hydrogen) atoms. The normalized spacial score (nSPS) is 39.0. The van der Waals surface area contributed by atoms with E-state index in [1.165, 1.54) is 37.7 Å². The van der Waals surface area contributed by atoms with E-state index in [1.807, 2.05) is 0 Å². The third-order valence-corrected chi connectivity index (χ3v) is 9.76. The SMILES string of the molecule is OCCN(CCO)CCCOc1ccc([C@H]2CC[C@]3(CC2)OO[C@]2(O3)C3CC4CC(C3)CC2C4)cc1. The summed E-state index contributed by atoms with van der Waals surface area (Å²) in [7, 11) is 0. The number of rotatable bonds is 10. The molecule has 1 heterocycles. The Bertz CT molecular complexity index is 833. The Labute approximate surface area is 215 Å². The van der Waals surface area contributed by atoms with Crippen LogP contribution >= 0.6 is 0 Å². The molecule has 7 rings (SSSR count). The summed E-state index contributed by atoms with van der Waals surface area (Å²) in [5, 5.41) is 18.2. The molecule has 0 atom stereocenters. The Kier molecular flexibility index (Phi) is 7.32. The second kappa shape index (κ2) is 10.5. The topological polar surface area (TPSA) is 80.6 Å². The van der Waals surface area contributed by atoms with Crippen molar-refractivity contribution in [2.75, 3.05) is 39.5 Å². The van der Waals surface area contributed by atoms with Crippen LogP contribution in [-0.2, 0) is 14.5 Å². The molecule has 7 heteroatoms. The number of ether oxygens (including phenoxy) is 2. The van der Waals surface area contributed by atoms with Gasteiger partial charge in [-0.2, -0.15) is 9.78 Å². The van der Waals surface area contributed by atoms with Crippen LogP contribution in [0.3, 0.4) is 0 Å². The molecule has 0 radical (unpaired) electrons. The summed E-state index contributed by atoms with van der Waals surface area (Å²) >= 11 is 0. The van der Waals surface area contributed by atoms with Gasteiger partial charge in [-0.15, -0.1) is 0 Å². The predicted molar refractivity (Wildman–Crippen MR) is 134 cm³/mol. The third-order valence-electron chi connectivity index (χ3n) is 9.76. The van der Waals surface area contributed by atoms with Gasteiger partial charge in [0.2, 0.25) is 11.6 Å². The van der Waals surface area contributed by atoms with Crippen LogP contribution in [0, 0.1) is 23.7 Å². The van der Waals surface area contributed by atoms with Gasteiger partial charge in [-0.25, -0.2) is 0 Å². The number of benzene rings is 1. The fourth-order valence-electron chi connectivity index (χ4n) is 8.12. The summed E-state index contributed by atoms with van der Waals surface area (Å²) < 4.78 is 12.8. The molecule has 1 saturated heterocycles. The van der Waals surface area contributed by atoms with Crippen LogP contribution in [0.4, 0.5) is 0 Å². The van der Waals surface area contributed by atoms with Crippen molar-refractivity contribution in [3.63, 3.8) is 0 Å². The van der Waals surface area contributed by atoms with Gasteiger partial charge in [0.1, 0.15) is 5.75 Å². The maximum absolute atomic E-state index is 9.12. The van der Waals surface area contributed by atoms with Crippen molar-refractivity contribution in [3.8, 4) is 5.75 Å². The molecule has 0 unspecified atom stereocenters. The summed E-state index contributed by atoms with van der Waals surface area (Å²) in [4.78, 5) is 14.3. The molecular formula is C29H43NO6. The van der Waals surface area contributed by atoms with Crippen molar-refractivity contribution in [2.45, 2.75) is 81.7 Å². The van der Waals surface area contributed by atoms with Gasteiger partial charge in [0.25, 0.3) is 0 Å². The molecule has 5 aliphatic carbocycles. The lowest BCUT2D eigenvalue weighted by Gasteiger charge is -2.57. The van der Waals surface area contributed by atoms with E-state index in [1.54, 1.807) is 0 Å². The Morgan fingerprint density at radius 1 is 0.833 bits per heavy atom. The molecule has 1 aromatic rings. The van der Waals surface area contributed by atoms with Gasteiger partial charge in [-0.1, -0.05) is 12.1 Å². The van der Waals surface area contributed by atoms with Crippen molar-refractivity contribution in [1.82, 2.24) is 4.90 Å². The molecule has 6 aliphatic rings. The lowest BCUT2D eigenvalue weighted by Crippen LogP contribution is -2.59. The molecule has 2 spiro atoms. The van der Waals surface area contributed by atoms with Crippen LogP contribution in [0.25, 0.3) is 0 Å². The minimum Gasteiger partial charge on any atom is -0.494 e. The fraction of sp³-hybridized carbons (Fsp3) is 0.793. The van der Waals surface area contributed by atoms with Gasteiger partial charge in [0, 0.05) is 44.3 Å². The average Bonchev–Trinajstić information content (AvgIpc) is 3.26. The van der Waals surface area contributed by atoms with Gasteiger partial charge in [0.15, 0.2) is 0 Å². The van der Waals surface area contributed by atoms with E-state index >= 15 is 0 Å². The summed E-state index contributed by atoms with van der Waals surface area (Å²) in [6, 6.07) is 8.56. The molecule has 7 nitrogen and oxygen atoms in total. The first-order chi connectivity index (χ1) is 17.6. The van der Waals surface area contributed by atoms with Gasteiger partial charge in [-0.3, -0.25) is 4.90 Å². The number of aliphatic hydroxyl groups excluding tert-OH is 2. The van der Waals surface area contributed by atoms with Crippen molar-refractivity contribution >= 4 is 0 Å². The smallest absolute Gasteiger partial charge is 0.210 e. The molecule has 200 valence electrons. The highest BCUT2D eigenvalue weighted by Crippen LogP contribution is 2.64. The van der Waals surface area contributed by atoms with Crippen LogP contribution in [0.2, 0.25) is 0 Å². The number of nitrogens with zero attached hydrogens (tertiary/aromatic N) is 1. The standard InChI is InChI=1S/C29H43NO6/c31-13-11-30(12-14-32)10-1-15-33-27-4-2-23(3-5-27)24-6-8-28(9-7-24)34-29(36-35-28)25-17-21-16-22(19-25)20-26(29)18-21/h2-5,21-22,24-26,31-32H,1,6-20H2/t21?,22?,24-,25?,26?,28+,29-. The molecule has 1 aromatic carbocycles. The van der Waals surface area contributed by atoms with Crippen LogP contribution in [0.1, 0.15) is 75.7 Å². The monoisotopic (exact) mass is 501 g/mol. The van der Waals surface area contributed by atoms with Crippen LogP contribution in [-0.4, -0.2) is 66.1 Å².